The van der Waals surface area contributed by atoms with Crippen molar-refractivity contribution in [1.82, 2.24) is 4.31 Å². The first kappa shape index (κ1) is 13.7. The van der Waals surface area contributed by atoms with Gasteiger partial charge in [-0.05, 0) is 19.4 Å². The van der Waals surface area contributed by atoms with Crippen molar-refractivity contribution in [1.29, 1.82) is 0 Å². The molecular weight excluding hydrogens is 214 g/mol. The largest absolute Gasteiger partial charge is 0.350 e. The number of hydrogen-bond donors (Lipinski definition) is 1. The topological polar surface area (TPSA) is 63.4 Å². The molecule has 0 saturated carbocycles. The summed E-state index contributed by atoms with van der Waals surface area (Å²) >= 11 is 0. The summed E-state index contributed by atoms with van der Waals surface area (Å²) in [7, 11) is -3.24. The lowest BCUT2D eigenvalue weighted by molar-refractivity contribution is 0.222. The molecule has 0 aromatic heterocycles. The van der Waals surface area contributed by atoms with Crippen molar-refractivity contribution in [3.05, 3.63) is 0 Å². The highest BCUT2D eigenvalue weighted by Crippen LogP contribution is 2.10. The van der Waals surface area contributed by atoms with Crippen LogP contribution in [-0.2, 0) is 10.0 Å². The van der Waals surface area contributed by atoms with Crippen molar-refractivity contribution in [3.8, 4) is 0 Å². The van der Waals surface area contributed by atoms with E-state index in [-0.39, 0.29) is 6.54 Å². The Hall–Kier alpha value is -0.270. The van der Waals surface area contributed by atoms with Gasteiger partial charge < -0.3 is 5.73 Å². The zero-order valence-corrected chi connectivity index (χ0v) is 8.93. The SMILES string of the molecule is CN(CCCCCN)S(=O)(=O)C(F)F. The van der Waals surface area contributed by atoms with Crippen molar-refractivity contribution >= 4 is 10.0 Å². The van der Waals surface area contributed by atoms with Crippen LogP contribution in [0.15, 0.2) is 0 Å². The van der Waals surface area contributed by atoms with Gasteiger partial charge in [0.05, 0.1) is 0 Å². The fraction of sp³-hybridized carbons (Fsp3) is 1.00. The molecule has 0 aromatic carbocycles. The lowest BCUT2D eigenvalue weighted by Crippen LogP contribution is -2.32. The van der Waals surface area contributed by atoms with Crippen molar-refractivity contribution < 1.29 is 17.2 Å². The third kappa shape index (κ3) is 4.30. The van der Waals surface area contributed by atoms with Gasteiger partial charge in [0.1, 0.15) is 0 Å². The van der Waals surface area contributed by atoms with Gasteiger partial charge in [0.15, 0.2) is 0 Å². The molecule has 0 aromatic rings. The minimum Gasteiger partial charge on any atom is -0.330 e. The summed E-state index contributed by atoms with van der Waals surface area (Å²) in [5.74, 6) is -3.33. The molecule has 4 nitrogen and oxygen atoms in total. The Morgan fingerprint density at radius 1 is 1.29 bits per heavy atom. The maximum absolute atomic E-state index is 12.0. The smallest absolute Gasteiger partial charge is 0.330 e. The van der Waals surface area contributed by atoms with E-state index in [1.807, 2.05) is 0 Å². The lowest BCUT2D eigenvalue weighted by Gasteiger charge is -2.15. The van der Waals surface area contributed by atoms with Crippen LogP contribution < -0.4 is 5.73 Å². The molecule has 0 aliphatic heterocycles. The van der Waals surface area contributed by atoms with Crippen molar-refractivity contribution in [2.75, 3.05) is 20.1 Å². The van der Waals surface area contributed by atoms with E-state index in [0.717, 1.165) is 19.9 Å². The molecule has 7 heteroatoms. The van der Waals surface area contributed by atoms with Crippen molar-refractivity contribution in [3.63, 3.8) is 0 Å². The van der Waals surface area contributed by atoms with Gasteiger partial charge in [-0.1, -0.05) is 6.42 Å². The molecule has 0 aliphatic carbocycles. The Labute approximate surface area is 83.1 Å². The van der Waals surface area contributed by atoms with E-state index >= 15 is 0 Å². The van der Waals surface area contributed by atoms with E-state index in [1.54, 1.807) is 0 Å². The number of rotatable bonds is 7. The molecule has 0 fully saturated rings. The number of halogens is 2. The fourth-order valence-electron chi connectivity index (χ4n) is 0.919. The summed E-state index contributed by atoms with van der Waals surface area (Å²) in [6.07, 6.45) is 2.09. The maximum atomic E-state index is 12.0. The summed E-state index contributed by atoms with van der Waals surface area (Å²) in [4.78, 5) is 0. The highest BCUT2D eigenvalue weighted by Gasteiger charge is 2.28. The molecule has 0 saturated heterocycles. The summed E-state index contributed by atoms with van der Waals surface area (Å²) in [5.41, 5.74) is 5.23. The molecule has 0 rings (SSSR count). The fourth-order valence-corrected chi connectivity index (χ4v) is 1.57. The van der Waals surface area contributed by atoms with Crippen LogP contribution in [0.4, 0.5) is 8.78 Å². The van der Waals surface area contributed by atoms with Crippen LogP contribution in [0.1, 0.15) is 19.3 Å². The van der Waals surface area contributed by atoms with Gasteiger partial charge >= 0.3 is 5.76 Å². The van der Waals surface area contributed by atoms with Crippen LogP contribution in [0, 0.1) is 0 Å². The maximum Gasteiger partial charge on any atom is 0.350 e. The van der Waals surface area contributed by atoms with E-state index in [9.17, 15) is 17.2 Å². The van der Waals surface area contributed by atoms with Crippen LogP contribution in [0.25, 0.3) is 0 Å². The third-order valence-corrected chi connectivity index (χ3v) is 3.34. The highest BCUT2D eigenvalue weighted by atomic mass is 32.2. The third-order valence-electron chi connectivity index (χ3n) is 1.84. The molecule has 0 atom stereocenters. The number of nitrogens with zero attached hydrogens (tertiary/aromatic N) is 1. The van der Waals surface area contributed by atoms with E-state index in [0.29, 0.717) is 17.3 Å². The average molecular weight is 230 g/mol. The minimum atomic E-state index is -4.40. The molecule has 0 bridgehead atoms. The monoisotopic (exact) mass is 230 g/mol. The molecule has 0 spiro atoms. The van der Waals surface area contributed by atoms with Gasteiger partial charge in [0, 0.05) is 13.6 Å². The Morgan fingerprint density at radius 2 is 1.86 bits per heavy atom. The van der Waals surface area contributed by atoms with E-state index < -0.39 is 15.8 Å². The molecule has 0 radical (unpaired) electrons. The molecular formula is C7H16F2N2O2S. The highest BCUT2D eigenvalue weighted by molar-refractivity contribution is 7.89. The van der Waals surface area contributed by atoms with Crippen LogP contribution in [0.5, 0.6) is 0 Å². The quantitative estimate of drug-likeness (QED) is 0.651. The second kappa shape index (κ2) is 6.26. The average Bonchev–Trinajstić information content (AvgIpc) is 2.11. The predicted molar refractivity (Wildman–Crippen MR) is 50.5 cm³/mol. The molecule has 0 heterocycles. The number of hydrogen-bond acceptors (Lipinski definition) is 3. The molecule has 0 amide bonds. The first-order chi connectivity index (χ1) is 6.42. The zero-order chi connectivity index (χ0) is 11.2. The first-order valence-corrected chi connectivity index (χ1v) is 5.86. The number of nitrogens with two attached hydrogens (primary N) is 1. The second-order valence-electron chi connectivity index (χ2n) is 2.98. The molecule has 86 valence electrons. The van der Waals surface area contributed by atoms with Gasteiger partial charge in [0.2, 0.25) is 0 Å². The van der Waals surface area contributed by atoms with Crippen molar-refractivity contribution in [2.45, 2.75) is 25.0 Å². The molecule has 14 heavy (non-hydrogen) atoms. The summed E-state index contributed by atoms with van der Waals surface area (Å²) < 4.78 is 46.4. The van der Waals surface area contributed by atoms with Gasteiger partial charge in [-0.2, -0.15) is 8.78 Å². The Kier molecular flexibility index (Phi) is 6.14. The van der Waals surface area contributed by atoms with Crippen LogP contribution in [0.2, 0.25) is 0 Å². The second-order valence-corrected chi connectivity index (χ2v) is 4.99. The zero-order valence-electron chi connectivity index (χ0n) is 8.12. The predicted octanol–water partition coefficient (Wildman–Crippen LogP) is 0.600. The number of unbranched alkanes of at least 4 members (excludes halogenated alkanes) is 2. The minimum absolute atomic E-state index is 0.118. The van der Waals surface area contributed by atoms with E-state index in [1.165, 1.54) is 0 Å². The lowest BCUT2D eigenvalue weighted by atomic mass is 10.2. The summed E-state index contributed by atoms with van der Waals surface area (Å²) in [5, 5.41) is 0. The van der Waals surface area contributed by atoms with Gasteiger partial charge in [-0.15, -0.1) is 0 Å². The van der Waals surface area contributed by atoms with Gasteiger partial charge in [-0.3, -0.25) is 0 Å². The normalized spacial score (nSPS) is 12.7. The van der Waals surface area contributed by atoms with Crippen LogP contribution >= 0.6 is 0 Å². The number of alkyl halides is 2. The number of sulfonamides is 1. The molecule has 0 aliphatic rings. The Balaban J connectivity index is 3.90. The van der Waals surface area contributed by atoms with Crippen molar-refractivity contribution in [2.24, 2.45) is 5.73 Å². The standard InChI is InChI=1S/C7H16F2N2O2S/c1-11(6-4-2-3-5-10)14(12,13)7(8)9/h7H,2-6,10H2,1H3. The van der Waals surface area contributed by atoms with E-state index in [4.69, 9.17) is 5.73 Å². The van der Waals surface area contributed by atoms with Crippen LogP contribution in [0.3, 0.4) is 0 Å². The Morgan fingerprint density at radius 3 is 2.29 bits per heavy atom. The van der Waals surface area contributed by atoms with Gasteiger partial charge in [-0.25, -0.2) is 12.7 Å². The first-order valence-electron chi connectivity index (χ1n) is 4.36. The van der Waals surface area contributed by atoms with E-state index in [2.05, 4.69) is 0 Å². The summed E-state index contributed by atoms with van der Waals surface area (Å²) in [6.45, 7) is 0.651. The van der Waals surface area contributed by atoms with Crippen LogP contribution in [-0.4, -0.2) is 38.6 Å². The summed E-state index contributed by atoms with van der Waals surface area (Å²) in [6, 6.07) is 0. The molecule has 2 N–H and O–H groups in total. The Bertz CT molecular complexity index is 244. The van der Waals surface area contributed by atoms with Gasteiger partial charge in [0.25, 0.3) is 10.0 Å². The molecule has 0 unspecified atom stereocenters.